The molecule has 0 radical (unpaired) electrons. The van der Waals surface area contributed by atoms with Crippen LogP contribution in [0.5, 0.6) is 11.5 Å². The summed E-state index contributed by atoms with van der Waals surface area (Å²) in [5.74, 6) is -0.402. The van der Waals surface area contributed by atoms with Gasteiger partial charge in [0.1, 0.15) is 0 Å². The Hall–Kier alpha value is -1.76. The van der Waals surface area contributed by atoms with Crippen LogP contribution in [0.3, 0.4) is 0 Å². The second kappa shape index (κ2) is 7.49. The lowest BCUT2D eigenvalue weighted by atomic mass is 9.94. The van der Waals surface area contributed by atoms with Crippen LogP contribution in [0.15, 0.2) is 16.6 Å². The molecule has 1 amide bonds. The van der Waals surface area contributed by atoms with Crippen molar-refractivity contribution in [2.45, 2.75) is 20.8 Å². The van der Waals surface area contributed by atoms with Crippen LogP contribution in [0.1, 0.15) is 31.1 Å². The van der Waals surface area contributed by atoms with E-state index in [0.717, 1.165) is 0 Å². The van der Waals surface area contributed by atoms with Gasteiger partial charge in [0.2, 0.25) is 0 Å². The topological polar surface area (TPSA) is 84.9 Å². The van der Waals surface area contributed by atoms with Gasteiger partial charge in [-0.15, -0.1) is 0 Å². The van der Waals surface area contributed by atoms with Gasteiger partial charge in [0.15, 0.2) is 11.5 Å². The highest BCUT2D eigenvalue weighted by Gasteiger charge is 2.28. The second-order valence-corrected chi connectivity index (χ2v) is 6.15. The number of carboxylic acids is 1. The van der Waals surface area contributed by atoms with Gasteiger partial charge >= 0.3 is 5.97 Å². The monoisotopic (exact) mass is 373 g/mol. The molecule has 0 aromatic heterocycles. The van der Waals surface area contributed by atoms with E-state index in [1.54, 1.807) is 26.0 Å². The largest absolute Gasteiger partial charge is 0.493 e. The smallest absolute Gasteiger partial charge is 0.310 e. The molecule has 122 valence electrons. The predicted molar refractivity (Wildman–Crippen MR) is 85.6 cm³/mol. The minimum Gasteiger partial charge on any atom is -0.493 e. The molecule has 1 aromatic carbocycles. The van der Waals surface area contributed by atoms with Crippen molar-refractivity contribution in [1.82, 2.24) is 5.32 Å². The van der Waals surface area contributed by atoms with Crippen molar-refractivity contribution in [2.75, 3.05) is 20.3 Å². The number of carbonyl (C=O) groups is 2. The average molecular weight is 374 g/mol. The third kappa shape index (κ3) is 4.37. The lowest BCUT2D eigenvalue weighted by Crippen LogP contribution is -2.38. The summed E-state index contributed by atoms with van der Waals surface area (Å²) in [5.41, 5.74) is -0.684. The normalized spacial score (nSPS) is 11.0. The summed E-state index contributed by atoms with van der Waals surface area (Å²) in [6.07, 6.45) is 0. The van der Waals surface area contributed by atoms with Crippen molar-refractivity contribution in [2.24, 2.45) is 5.41 Å². The summed E-state index contributed by atoms with van der Waals surface area (Å²) in [7, 11) is 1.49. The van der Waals surface area contributed by atoms with E-state index < -0.39 is 11.4 Å². The Labute approximate surface area is 137 Å². The van der Waals surface area contributed by atoms with E-state index in [9.17, 15) is 9.59 Å². The van der Waals surface area contributed by atoms with E-state index in [4.69, 9.17) is 14.6 Å². The highest BCUT2D eigenvalue weighted by molar-refractivity contribution is 9.10. The number of carbonyl (C=O) groups excluding carboxylic acids is 1. The third-order valence-corrected chi connectivity index (χ3v) is 3.64. The number of hydrogen-bond acceptors (Lipinski definition) is 4. The molecule has 7 heteroatoms. The Kier molecular flexibility index (Phi) is 6.22. The number of hydrogen-bond donors (Lipinski definition) is 2. The fraction of sp³-hybridized carbons (Fsp3) is 0.467. The van der Waals surface area contributed by atoms with Gasteiger partial charge < -0.3 is 19.9 Å². The molecule has 0 atom stereocenters. The first-order chi connectivity index (χ1) is 10.2. The number of methoxy groups -OCH3 is 1. The number of rotatable bonds is 7. The Balaban J connectivity index is 2.95. The Morgan fingerprint density at radius 3 is 2.50 bits per heavy atom. The van der Waals surface area contributed by atoms with Crippen LogP contribution in [-0.4, -0.2) is 37.2 Å². The summed E-state index contributed by atoms with van der Waals surface area (Å²) >= 11 is 3.34. The minimum absolute atomic E-state index is 0.0221. The summed E-state index contributed by atoms with van der Waals surface area (Å²) in [6, 6.07) is 3.16. The van der Waals surface area contributed by atoms with Gasteiger partial charge in [-0.05, 0) is 48.8 Å². The van der Waals surface area contributed by atoms with E-state index in [2.05, 4.69) is 21.2 Å². The Bertz CT molecular complexity index is 571. The maximum atomic E-state index is 12.2. The lowest BCUT2D eigenvalue weighted by Gasteiger charge is -2.20. The number of amides is 1. The Morgan fingerprint density at radius 2 is 2.00 bits per heavy atom. The molecule has 22 heavy (non-hydrogen) atoms. The van der Waals surface area contributed by atoms with Crippen LogP contribution in [0.4, 0.5) is 0 Å². The van der Waals surface area contributed by atoms with Crippen LogP contribution in [0.25, 0.3) is 0 Å². The fourth-order valence-electron chi connectivity index (χ4n) is 1.61. The van der Waals surface area contributed by atoms with Crippen molar-refractivity contribution in [3.8, 4) is 11.5 Å². The van der Waals surface area contributed by atoms with Crippen LogP contribution in [-0.2, 0) is 4.79 Å². The van der Waals surface area contributed by atoms with Crippen molar-refractivity contribution < 1.29 is 24.2 Å². The summed E-state index contributed by atoms with van der Waals surface area (Å²) < 4.78 is 11.3. The number of benzene rings is 1. The first-order valence-electron chi connectivity index (χ1n) is 6.74. The maximum absolute atomic E-state index is 12.2. The Morgan fingerprint density at radius 1 is 1.36 bits per heavy atom. The molecule has 0 spiro atoms. The van der Waals surface area contributed by atoms with E-state index in [0.29, 0.717) is 28.1 Å². The molecule has 0 bridgehead atoms. The van der Waals surface area contributed by atoms with Gasteiger partial charge in [0.05, 0.1) is 23.6 Å². The zero-order valence-corrected chi connectivity index (χ0v) is 14.6. The van der Waals surface area contributed by atoms with Gasteiger partial charge in [-0.3, -0.25) is 9.59 Å². The van der Waals surface area contributed by atoms with Crippen molar-refractivity contribution in [3.05, 3.63) is 22.2 Å². The molecule has 0 heterocycles. The van der Waals surface area contributed by atoms with E-state index in [-0.39, 0.29) is 12.5 Å². The highest BCUT2D eigenvalue weighted by atomic mass is 79.9. The first-order valence-corrected chi connectivity index (χ1v) is 7.54. The van der Waals surface area contributed by atoms with Crippen LogP contribution in [0.2, 0.25) is 0 Å². The van der Waals surface area contributed by atoms with Gasteiger partial charge in [-0.1, -0.05) is 0 Å². The number of ether oxygens (including phenoxy) is 2. The van der Waals surface area contributed by atoms with Crippen LogP contribution in [0, 0.1) is 5.41 Å². The van der Waals surface area contributed by atoms with E-state index >= 15 is 0 Å². The molecule has 0 unspecified atom stereocenters. The molecule has 2 N–H and O–H groups in total. The van der Waals surface area contributed by atoms with E-state index in [1.807, 2.05) is 6.92 Å². The molecular formula is C15H20BrNO5. The lowest BCUT2D eigenvalue weighted by molar-refractivity contribution is -0.146. The fourth-order valence-corrected chi connectivity index (χ4v) is 2.17. The zero-order chi connectivity index (χ0) is 16.9. The second-order valence-electron chi connectivity index (χ2n) is 5.29. The van der Waals surface area contributed by atoms with E-state index in [1.165, 1.54) is 7.11 Å². The average Bonchev–Trinajstić information content (AvgIpc) is 2.46. The summed E-state index contributed by atoms with van der Waals surface area (Å²) in [6.45, 7) is 5.43. The molecule has 1 rings (SSSR count). The molecule has 0 saturated heterocycles. The third-order valence-electron chi connectivity index (χ3n) is 3.05. The molecule has 0 aliphatic heterocycles. The molecule has 0 saturated carbocycles. The zero-order valence-electron chi connectivity index (χ0n) is 13.0. The first kappa shape index (κ1) is 18.3. The van der Waals surface area contributed by atoms with Gasteiger partial charge in [0, 0.05) is 12.1 Å². The number of carboxylic acid groups (broad SMARTS) is 1. The van der Waals surface area contributed by atoms with Gasteiger partial charge in [-0.2, -0.15) is 0 Å². The molecule has 0 fully saturated rings. The van der Waals surface area contributed by atoms with Crippen LogP contribution >= 0.6 is 15.9 Å². The number of aliphatic carboxylic acids is 1. The molecule has 0 aliphatic carbocycles. The van der Waals surface area contributed by atoms with Crippen molar-refractivity contribution >= 4 is 27.8 Å². The molecule has 6 nitrogen and oxygen atoms in total. The quantitative estimate of drug-likeness (QED) is 0.767. The highest BCUT2D eigenvalue weighted by Crippen LogP contribution is 2.36. The standard InChI is InChI=1S/C15H20BrNO5/c1-5-22-12-10(16)6-9(7-11(12)21-4)13(18)17-8-15(2,3)14(19)20/h6-7H,5,8H2,1-4H3,(H,17,18)(H,19,20). The summed E-state index contributed by atoms with van der Waals surface area (Å²) in [4.78, 5) is 23.2. The maximum Gasteiger partial charge on any atom is 0.310 e. The van der Waals surface area contributed by atoms with Crippen LogP contribution < -0.4 is 14.8 Å². The van der Waals surface area contributed by atoms with Gasteiger partial charge in [-0.25, -0.2) is 0 Å². The van der Waals surface area contributed by atoms with Crippen molar-refractivity contribution in [3.63, 3.8) is 0 Å². The predicted octanol–water partition coefficient (Wildman–Crippen LogP) is 2.70. The SMILES string of the molecule is CCOc1c(Br)cc(C(=O)NCC(C)(C)C(=O)O)cc1OC. The molecule has 0 aliphatic rings. The van der Waals surface area contributed by atoms with Crippen molar-refractivity contribution in [1.29, 1.82) is 0 Å². The minimum atomic E-state index is -1.04. The molecule has 1 aromatic rings. The summed E-state index contributed by atoms with van der Waals surface area (Å²) in [5, 5.41) is 11.7. The number of nitrogens with one attached hydrogen (secondary N) is 1. The van der Waals surface area contributed by atoms with Gasteiger partial charge in [0.25, 0.3) is 5.91 Å². The number of halogens is 1. The molecular weight excluding hydrogens is 354 g/mol.